The zero-order valence-electron chi connectivity index (χ0n) is 17.8. The van der Waals surface area contributed by atoms with Crippen molar-refractivity contribution in [1.29, 1.82) is 0 Å². The summed E-state index contributed by atoms with van der Waals surface area (Å²) in [6.07, 6.45) is 6.91. The third-order valence-electron chi connectivity index (χ3n) is 6.04. The van der Waals surface area contributed by atoms with Crippen LogP contribution in [0.1, 0.15) is 41.6 Å². The molecule has 1 atom stereocenters. The van der Waals surface area contributed by atoms with Crippen LogP contribution in [-0.2, 0) is 6.54 Å². The van der Waals surface area contributed by atoms with Crippen LogP contribution in [0.3, 0.4) is 0 Å². The molecule has 1 aliphatic heterocycles. The molecule has 9 heteroatoms. The number of imidazole rings is 1. The van der Waals surface area contributed by atoms with Crippen molar-refractivity contribution in [2.24, 2.45) is 0 Å². The van der Waals surface area contributed by atoms with Crippen LogP contribution in [0.2, 0.25) is 0 Å². The van der Waals surface area contributed by atoms with E-state index < -0.39 is 11.9 Å². The predicted molar refractivity (Wildman–Crippen MR) is 127 cm³/mol. The number of rotatable bonds is 5. The molecule has 168 valence electrons. The highest BCUT2D eigenvalue weighted by Gasteiger charge is 2.36. The van der Waals surface area contributed by atoms with Crippen molar-refractivity contribution in [1.82, 2.24) is 19.5 Å². The average Bonchev–Trinajstić information content (AvgIpc) is 3.60. The minimum atomic E-state index is -0.437. The molecule has 4 heterocycles. The topological polar surface area (TPSA) is 71.3 Å². The minimum Gasteiger partial charge on any atom is -0.485 e. The molecule has 2 aliphatic rings. The Morgan fingerprint density at radius 3 is 2.79 bits per heavy atom. The van der Waals surface area contributed by atoms with Gasteiger partial charge in [-0.15, -0.1) is 0 Å². The monoisotopic (exact) mass is 558 g/mol. The summed E-state index contributed by atoms with van der Waals surface area (Å²) in [5.41, 5.74) is 4.32. The quantitative estimate of drug-likeness (QED) is 0.321. The van der Waals surface area contributed by atoms with Crippen LogP contribution in [0.5, 0.6) is 17.4 Å². The van der Waals surface area contributed by atoms with E-state index in [9.17, 15) is 0 Å². The maximum Gasteiger partial charge on any atom is 0.212 e. The Kier molecular flexibility index (Phi) is 5.08. The molecule has 0 bridgehead atoms. The highest BCUT2D eigenvalue weighted by Crippen LogP contribution is 2.52. The van der Waals surface area contributed by atoms with Gasteiger partial charge in [-0.25, -0.2) is 19.3 Å². The molecule has 0 saturated heterocycles. The van der Waals surface area contributed by atoms with Gasteiger partial charge in [0.25, 0.3) is 0 Å². The van der Waals surface area contributed by atoms with Gasteiger partial charge in [-0.05, 0) is 65.1 Å². The van der Waals surface area contributed by atoms with Gasteiger partial charge in [0.05, 0.1) is 20.0 Å². The first-order chi connectivity index (χ1) is 16.1. The van der Waals surface area contributed by atoms with E-state index in [1.807, 2.05) is 16.7 Å². The standard InChI is InChI=1S/C24H20FIN4O3/c1-31-20-5-4-14(8-27-20)19-11-32-23-21(13-2-3-13)15(6-17(25)22(23)33-19)10-30-12-29-18-7-16(26)9-28-24(18)30/h4-9,12-13,19H,2-3,10-11H2,1H3. The van der Waals surface area contributed by atoms with Gasteiger partial charge in [-0.1, -0.05) is 0 Å². The van der Waals surface area contributed by atoms with E-state index in [1.54, 1.807) is 38.0 Å². The second kappa shape index (κ2) is 8.12. The van der Waals surface area contributed by atoms with Crippen molar-refractivity contribution in [2.45, 2.75) is 31.4 Å². The second-order valence-corrected chi connectivity index (χ2v) is 9.53. The van der Waals surface area contributed by atoms with E-state index in [0.717, 1.165) is 44.3 Å². The molecule has 4 aromatic rings. The molecule has 1 fully saturated rings. The molecular formula is C24H20FIN4O3. The van der Waals surface area contributed by atoms with E-state index >= 15 is 4.39 Å². The van der Waals surface area contributed by atoms with Gasteiger partial charge in [-0.3, -0.25) is 0 Å². The minimum absolute atomic E-state index is 0.177. The van der Waals surface area contributed by atoms with Crippen LogP contribution in [0.15, 0.2) is 43.0 Å². The number of nitrogens with zero attached hydrogens (tertiary/aromatic N) is 4. The highest BCUT2D eigenvalue weighted by atomic mass is 127. The Balaban J connectivity index is 1.36. The lowest BCUT2D eigenvalue weighted by Crippen LogP contribution is -2.24. The van der Waals surface area contributed by atoms with E-state index in [-0.39, 0.29) is 12.4 Å². The highest BCUT2D eigenvalue weighted by molar-refractivity contribution is 14.1. The predicted octanol–water partition coefficient (Wildman–Crippen LogP) is 5.02. The Hall–Kier alpha value is -2.95. The third kappa shape index (κ3) is 3.77. The first-order valence-electron chi connectivity index (χ1n) is 10.7. The Morgan fingerprint density at radius 2 is 2.03 bits per heavy atom. The molecule has 1 aromatic carbocycles. The summed E-state index contributed by atoms with van der Waals surface area (Å²) in [7, 11) is 1.56. The van der Waals surface area contributed by atoms with E-state index in [0.29, 0.717) is 24.1 Å². The molecule has 1 saturated carbocycles. The molecule has 0 spiro atoms. The van der Waals surface area contributed by atoms with E-state index in [1.165, 1.54) is 0 Å². The Bertz CT molecular complexity index is 1350. The summed E-state index contributed by atoms with van der Waals surface area (Å²) in [5.74, 6) is 1.13. The van der Waals surface area contributed by atoms with Gasteiger partial charge in [0.1, 0.15) is 12.1 Å². The Morgan fingerprint density at radius 1 is 1.15 bits per heavy atom. The maximum atomic E-state index is 15.3. The molecule has 1 aliphatic carbocycles. The average molecular weight is 558 g/mol. The van der Waals surface area contributed by atoms with Crippen molar-refractivity contribution >= 4 is 33.8 Å². The van der Waals surface area contributed by atoms with Gasteiger partial charge in [0, 0.05) is 33.2 Å². The summed E-state index contributed by atoms with van der Waals surface area (Å²) in [4.78, 5) is 13.2. The number of halogens is 2. The molecule has 0 radical (unpaired) electrons. The first kappa shape index (κ1) is 20.6. The van der Waals surface area contributed by atoms with Crippen molar-refractivity contribution in [2.75, 3.05) is 13.7 Å². The molecule has 0 N–H and O–H groups in total. The van der Waals surface area contributed by atoms with Crippen LogP contribution in [0.4, 0.5) is 4.39 Å². The van der Waals surface area contributed by atoms with Crippen molar-refractivity contribution in [3.63, 3.8) is 0 Å². The molecule has 1 unspecified atom stereocenters. The number of pyridine rings is 2. The SMILES string of the molecule is COc1ccc(C2COc3c(c(F)cc(Cn4cnc5cc(I)cnc54)c3C3CC3)O2)cn1. The van der Waals surface area contributed by atoms with E-state index in [4.69, 9.17) is 14.2 Å². The number of benzene rings is 1. The summed E-state index contributed by atoms with van der Waals surface area (Å²) in [6, 6.07) is 7.17. The second-order valence-electron chi connectivity index (χ2n) is 8.28. The van der Waals surface area contributed by atoms with Gasteiger partial charge in [0.2, 0.25) is 5.88 Å². The summed E-state index contributed by atoms with van der Waals surface area (Å²) < 4.78 is 35.7. The first-order valence-corrected chi connectivity index (χ1v) is 11.8. The lowest BCUT2D eigenvalue weighted by molar-refractivity contribution is 0.0841. The molecular weight excluding hydrogens is 538 g/mol. The van der Waals surface area contributed by atoms with Gasteiger partial charge in [0.15, 0.2) is 29.1 Å². The van der Waals surface area contributed by atoms with Crippen molar-refractivity contribution in [3.05, 3.63) is 69.1 Å². The fourth-order valence-electron chi connectivity index (χ4n) is 4.30. The summed E-state index contributed by atoms with van der Waals surface area (Å²) >= 11 is 2.22. The normalized spacial score (nSPS) is 17.4. The molecule has 7 nitrogen and oxygen atoms in total. The molecule has 33 heavy (non-hydrogen) atoms. The largest absolute Gasteiger partial charge is 0.485 e. The van der Waals surface area contributed by atoms with Crippen molar-refractivity contribution < 1.29 is 18.6 Å². The molecule has 0 amide bonds. The molecule has 3 aromatic heterocycles. The summed E-state index contributed by atoms with van der Waals surface area (Å²) in [5, 5.41) is 0. The van der Waals surface area contributed by atoms with Crippen LogP contribution in [0, 0.1) is 9.39 Å². The summed E-state index contributed by atoms with van der Waals surface area (Å²) in [6.45, 7) is 0.757. The van der Waals surface area contributed by atoms with Gasteiger partial charge < -0.3 is 18.8 Å². The van der Waals surface area contributed by atoms with Gasteiger partial charge >= 0.3 is 0 Å². The third-order valence-corrected chi connectivity index (χ3v) is 6.63. The number of ether oxygens (including phenoxy) is 3. The van der Waals surface area contributed by atoms with E-state index in [2.05, 4.69) is 37.5 Å². The van der Waals surface area contributed by atoms with Crippen molar-refractivity contribution in [3.8, 4) is 17.4 Å². The fourth-order valence-corrected chi connectivity index (χ4v) is 4.74. The lowest BCUT2D eigenvalue weighted by atomic mass is 9.99. The number of hydrogen-bond donors (Lipinski definition) is 0. The van der Waals surface area contributed by atoms with Crippen LogP contribution in [0.25, 0.3) is 11.2 Å². The lowest BCUT2D eigenvalue weighted by Gasteiger charge is -2.29. The number of hydrogen-bond acceptors (Lipinski definition) is 6. The van der Waals surface area contributed by atoms with Crippen LogP contribution >= 0.6 is 22.6 Å². The Labute approximate surface area is 203 Å². The fraction of sp³-hybridized carbons (Fsp3) is 0.292. The van der Waals surface area contributed by atoms with Crippen LogP contribution < -0.4 is 14.2 Å². The molecule has 6 rings (SSSR count). The number of aromatic nitrogens is 4. The zero-order chi connectivity index (χ0) is 22.5. The van der Waals surface area contributed by atoms with Gasteiger partial charge in [-0.2, -0.15) is 0 Å². The zero-order valence-corrected chi connectivity index (χ0v) is 20.0. The van der Waals surface area contributed by atoms with Crippen LogP contribution in [-0.4, -0.2) is 33.2 Å². The smallest absolute Gasteiger partial charge is 0.212 e. The number of fused-ring (bicyclic) bond motifs is 2. The number of methoxy groups -OCH3 is 1. The maximum absolute atomic E-state index is 15.3.